The predicted molar refractivity (Wildman–Crippen MR) is 162 cm³/mol. The smallest absolute Gasteiger partial charge is 0.289 e. The zero-order valence-electron chi connectivity index (χ0n) is 26.0. The molecule has 13 nitrogen and oxygen atoms in total. The summed E-state index contributed by atoms with van der Waals surface area (Å²) in [5.41, 5.74) is 0.101. The number of likely N-dealkylation sites (tertiary alicyclic amines) is 1. The minimum atomic E-state index is -0.965. The lowest BCUT2D eigenvalue weighted by atomic mass is 9.83. The van der Waals surface area contributed by atoms with E-state index in [1.54, 1.807) is 0 Å². The van der Waals surface area contributed by atoms with Gasteiger partial charge in [0, 0.05) is 25.0 Å². The van der Waals surface area contributed by atoms with Crippen molar-refractivity contribution in [1.29, 1.82) is 0 Å². The van der Waals surface area contributed by atoms with Crippen LogP contribution in [0.1, 0.15) is 94.5 Å². The number of hydrogen-bond acceptors (Lipinski definition) is 8. The number of fused-ring (bicyclic) bond motifs is 1. The number of ketones is 1. The van der Waals surface area contributed by atoms with Crippen molar-refractivity contribution >= 4 is 35.3 Å². The molecule has 4 fully saturated rings. The molecule has 1 aliphatic heterocycles. The van der Waals surface area contributed by atoms with Crippen LogP contribution in [0.2, 0.25) is 0 Å². The number of rotatable bonds is 13. The number of nitrogens with zero attached hydrogens (tertiary/aromatic N) is 3. The molecule has 5 rings (SSSR count). The molecule has 4 N–H and O–H groups in total. The normalized spacial score (nSPS) is 24.2. The molecular formula is C32H45N7O6. The number of nitrogens with one attached hydrogen (secondary N) is 4. The van der Waals surface area contributed by atoms with Crippen LogP contribution in [0, 0.1) is 17.8 Å². The van der Waals surface area contributed by atoms with E-state index in [9.17, 15) is 28.8 Å². The summed E-state index contributed by atoms with van der Waals surface area (Å²) in [7, 11) is 0. The summed E-state index contributed by atoms with van der Waals surface area (Å²) in [6, 6.07) is -2.57. The van der Waals surface area contributed by atoms with Gasteiger partial charge in [0.25, 0.3) is 11.8 Å². The molecule has 5 amide bonds. The molecule has 244 valence electrons. The fourth-order valence-electron chi connectivity index (χ4n) is 7.23. The largest absolute Gasteiger partial charge is 0.347 e. The van der Waals surface area contributed by atoms with E-state index in [2.05, 4.69) is 31.2 Å². The topological polar surface area (TPSA) is 180 Å². The van der Waals surface area contributed by atoms with Crippen molar-refractivity contribution in [3.05, 3.63) is 24.3 Å². The molecule has 1 saturated heterocycles. The van der Waals surface area contributed by atoms with Gasteiger partial charge in [-0.05, 0) is 62.7 Å². The first-order valence-electron chi connectivity index (χ1n) is 16.6. The highest BCUT2D eigenvalue weighted by molar-refractivity contribution is 6.38. The lowest BCUT2D eigenvalue weighted by Gasteiger charge is -2.31. The molecule has 1 aromatic heterocycles. The van der Waals surface area contributed by atoms with Crippen LogP contribution in [0.25, 0.3) is 0 Å². The van der Waals surface area contributed by atoms with Gasteiger partial charge < -0.3 is 26.2 Å². The van der Waals surface area contributed by atoms with E-state index in [4.69, 9.17) is 0 Å². The van der Waals surface area contributed by atoms with Crippen molar-refractivity contribution < 1.29 is 28.8 Å². The highest BCUT2D eigenvalue weighted by atomic mass is 16.2. The van der Waals surface area contributed by atoms with E-state index < -0.39 is 53.4 Å². The minimum absolute atomic E-state index is 0.0230. The summed E-state index contributed by atoms with van der Waals surface area (Å²) in [5.74, 6) is -3.13. The Morgan fingerprint density at radius 3 is 2.40 bits per heavy atom. The molecule has 45 heavy (non-hydrogen) atoms. The van der Waals surface area contributed by atoms with E-state index in [-0.39, 0.29) is 36.0 Å². The van der Waals surface area contributed by atoms with Crippen molar-refractivity contribution in [2.75, 3.05) is 13.1 Å². The molecular weight excluding hydrogens is 578 g/mol. The second kappa shape index (κ2) is 14.9. The monoisotopic (exact) mass is 623 g/mol. The second-order valence-corrected chi connectivity index (χ2v) is 13.0. The van der Waals surface area contributed by atoms with Crippen LogP contribution < -0.4 is 21.3 Å². The predicted octanol–water partition coefficient (Wildman–Crippen LogP) is 1.03. The molecule has 0 bridgehead atoms. The number of carbonyl (C=O) groups is 6. The average molecular weight is 624 g/mol. The summed E-state index contributed by atoms with van der Waals surface area (Å²) >= 11 is 0. The second-order valence-electron chi connectivity index (χ2n) is 13.0. The Morgan fingerprint density at radius 1 is 0.933 bits per heavy atom. The molecule has 1 aromatic rings. The van der Waals surface area contributed by atoms with Crippen molar-refractivity contribution in [1.82, 2.24) is 36.1 Å². The van der Waals surface area contributed by atoms with Gasteiger partial charge in [0.05, 0.1) is 18.8 Å². The molecule has 0 aromatic carbocycles. The van der Waals surface area contributed by atoms with Gasteiger partial charge in [-0.25, -0.2) is 4.98 Å². The fraction of sp³-hybridized carbons (Fsp3) is 0.688. The molecule has 0 radical (unpaired) electrons. The third-order valence-corrected chi connectivity index (χ3v) is 9.73. The Hall–Kier alpha value is -3.90. The molecule has 13 heteroatoms. The number of Topliss-reactive ketones (excluding diaryl/α,β-unsaturated/α-hetero) is 1. The first-order chi connectivity index (χ1) is 21.8. The van der Waals surface area contributed by atoms with Gasteiger partial charge in [-0.3, -0.25) is 33.8 Å². The van der Waals surface area contributed by atoms with Crippen LogP contribution >= 0.6 is 0 Å². The third kappa shape index (κ3) is 8.04. The number of amides is 5. The van der Waals surface area contributed by atoms with Crippen LogP contribution in [0.4, 0.5) is 0 Å². The SMILES string of the molecule is CCC[C@@H](NC(=O)[C@H]1[C@@H]2CCC[C@H]2CN1C(=O)CNC(=O)[C@@H](NC(=O)c1cnccn1)C1CCCCC1)C(=O)C(=O)NC1CC1. The Kier molecular flexibility index (Phi) is 10.8. The molecule has 3 aliphatic carbocycles. The number of carbonyl (C=O) groups excluding carboxylic acids is 6. The Bertz CT molecular complexity index is 1270. The maximum Gasteiger partial charge on any atom is 0.289 e. The van der Waals surface area contributed by atoms with Gasteiger partial charge in [0.2, 0.25) is 23.5 Å². The number of aromatic nitrogens is 2. The first-order valence-corrected chi connectivity index (χ1v) is 16.6. The van der Waals surface area contributed by atoms with Gasteiger partial charge >= 0.3 is 0 Å². The van der Waals surface area contributed by atoms with Crippen molar-refractivity contribution in [2.24, 2.45) is 17.8 Å². The third-order valence-electron chi connectivity index (χ3n) is 9.73. The first kappa shape index (κ1) is 32.5. The Balaban J connectivity index is 1.24. The molecule has 0 unspecified atom stereocenters. The summed E-state index contributed by atoms with van der Waals surface area (Å²) < 4.78 is 0. The lowest BCUT2D eigenvalue weighted by Crippen LogP contribution is -2.56. The quantitative estimate of drug-likeness (QED) is 0.235. The highest BCUT2D eigenvalue weighted by Crippen LogP contribution is 2.42. The van der Waals surface area contributed by atoms with Gasteiger partial charge in [-0.1, -0.05) is 39.0 Å². The van der Waals surface area contributed by atoms with Crippen LogP contribution in [0.5, 0.6) is 0 Å². The Labute approximate surface area is 263 Å². The number of hydrogen-bond donors (Lipinski definition) is 4. The van der Waals surface area contributed by atoms with Crippen LogP contribution in [-0.2, 0) is 24.0 Å². The van der Waals surface area contributed by atoms with Gasteiger partial charge in [-0.2, -0.15) is 0 Å². The minimum Gasteiger partial charge on any atom is -0.347 e. The van der Waals surface area contributed by atoms with E-state index in [0.29, 0.717) is 19.4 Å². The molecule has 3 saturated carbocycles. The fourth-order valence-corrected chi connectivity index (χ4v) is 7.23. The zero-order valence-corrected chi connectivity index (χ0v) is 26.0. The summed E-state index contributed by atoms with van der Waals surface area (Å²) in [6.45, 7) is 1.94. The summed E-state index contributed by atoms with van der Waals surface area (Å²) in [6.07, 6.45) is 14.0. The average Bonchev–Trinajstić information content (AvgIpc) is 3.62. The molecule has 5 atom stereocenters. The molecule has 2 heterocycles. The summed E-state index contributed by atoms with van der Waals surface area (Å²) in [5, 5.41) is 11.1. The zero-order chi connectivity index (χ0) is 31.9. The van der Waals surface area contributed by atoms with Gasteiger partial charge in [0.1, 0.15) is 17.8 Å². The van der Waals surface area contributed by atoms with Crippen molar-refractivity contribution in [3.63, 3.8) is 0 Å². The van der Waals surface area contributed by atoms with E-state index in [1.807, 2.05) is 6.92 Å². The van der Waals surface area contributed by atoms with E-state index >= 15 is 0 Å². The van der Waals surface area contributed by atoms with E-state index in [0.717, 1.165) is 64.2 Å². The Morgan fingerprint density at radius 2 is 1.71 bits per heavy atom. The molecule has 0 spiro atoms. The van der Waals surface area contributed by atoms with Crippen molar-refractivity contribution in [3.8, 4) is 0 Å². The molecule has 4 aliphatic rings. The van der Waals surface area contributed by atoms with Gasteiger partial charge in [0.15, 0.2) is 0 Å². The van der Waals surface area contributed by atoms with Crippen LogP contribution in [-0.4, -0.2) is 87.4 Å². The maximum atomic E-state index is 13.7. The standard InChI is InChI=1S/C32H45N7O6/c1-2-7-23(28(41)32(45)36-21-12-13-21)37-31(44)27-22-11-6-10-20(22)18-39(27)25(40)17-35-30(43)26(19-8-4-3-5-9-19)38-29(42)24-16-33-14-15-34-24/h14-16,19-23,26-27H,2-13,17-18H2,1H3,(H,35,43)(H,36,45)(H,37,44)(H,38,42)/t20-,22+,23+,26-,27+/m0/s1. The van der Waals surface area contributed by atoms with Crippen molar-refractivity contribution in [2.45, 2.75) is 108 Å². The maximum absolute atomic E-state index is 13.7. The van der Waals surface area contributed by atoms with E-state index in [1.165, 1.54) is 23.5 Å². The summed E-state index contributed by atoms with van der Waals surface area (Å²) in [4.78, 5) is 88.6. The highest BCUT2D eigenvalue weighted by Gasteiger charge is 2.50. The van der Waals surface area contributed by atoms with Crippen LogP contribution in [0.3, 0.4) is 0 Å². The van der Waals surface area contributed by atoms with Crippen LogP contribution in [0.15, 0.2) is 18.6 Å². The van der Waals surface area contributed by atoms with Gasteiger partial charge in [-0.15, -0.1) is 0 Å². The lowest BCUT2D eigenvalue weighted by molar-refractivity contribution is -0.143.